The molecular weight excluding hydrogens is 342 g/mol. The first-order chi connectivity index (χ1) is 13.0. The first-order valence-electron chi connectivity index (χ1n) is 9.08. The van der Waals surface area contributed by atoms with Crippen molar-refractivity contribution in [2.45, 2.75) is 20.0 Å². The summed E-state index contributed by atoms with van der Waals surface area (Å²) in [5, 5.41) is 2.85. The molecule has 0 aromatic heterocycles. The molecule has 2 aromatic carbocycles. The molecular formula is C21H21N3O3. The predicted octanol–water partition coefficient (Wildman–Crippen LogP) is 2.57. The number of benzene rings is 2. The highest BCUT2D eigenvalue weighted by molar-refractivity contribution is 6.17. The summed E-state index contributed by atoms with van der Waals surface area (Å²) < 4.78 is 0. The van der Waals surface area contributed by atoms with Gasteiger partial charge in [0.1, 0.15) is 12.7 Å². The molecule has 1 N–H and O–H groups in total. The normalized spacial score (nSPS) is 17.7. The lowest BCUT2D eigenvalue weighted by molar-refractivity contribution is -0.122. The van der Waals surface area contributed by atoms with Gasteiger partial charge >= 0.3 is 0 Å². The van der Waals surface area contributed by atoms with Gasteiger partial charge in [0.25, 0.3) is 11.8 Å². The van der Waals surface area contributed by atoms with E-state index in [1.807, 2.05) is 38.1 Å². The SMILES string of the molecule is CC(C)CNC(=O)CN1C(=O)c2ccccc2N2C(=O)c3ccccc3[C@H]12. The second-order valence-electron chi connectivity index (χ2n) is 7.28. The van der Waals surface area contributed by atoms with Crippen LogP contribution in [0, 0.1) is 5.92 Å². The molecule has 27 heavy (non-hydrogen) atoms. The third-order valence-electron chi connectivity index (χ3n) is 4.90. The number of nitrogens with zero attached hydrogens (tertiary/aromatic N) is 2. The zero-order valence-corrected chi connectivity index (χ0v) is 15.3. The van der Waals surface area contributed by atoms with Crippen LogP contribution >= 0.6 is 0 Å². The standard InChI is InChI=1S/C21H21N3O3/c1-13(2)11-22-18(25)12-23-19-14-7-3-4-8-15(14)21(27)24(19)17-10-6-5-9-16(17)20(23)26/h3-10,13,19H,11-12H2,1-2H3,(H,22,25)/t19-/m1/s1. The number of nitrogens with one attached hydrogen (secondary N) is 1. The monoisotopic (exact) mass is 363 g/mol. The van der Waals surface area contributed by atoms with Crippen molar-refractivity contribution in [2.75, 3.05) is 18.0 Å². The Kier molecular flexibility index (Phi) is 4.18. The van der Waals surface area contributed by atoms with Gasteiger partial charge in [-0.25, -0.2) is 0 Å². The second-order valence-corrected chi connectivity index (χ2v) is 7.28. The maximum Gasteiger partial charge on any atom is 0.260 e. The van der Waals surface area contributed by atoms with Gasteiger partial charge in [-0.05, 0) is 24.1 Å². The van der Waals surface area contributed by atoms with Gasteiger partial charge in [-0.3, -0.25) is 19.3 Å². The molecule has 6 nitrogen and oxygen atoms in total. The third-order valence-corrected chi connectivity index (χ3v) is 4.90. The quantitative estimate of drug-likeness (QED) is 0.908. The van der Waals surface area contributed by atoms with Crippen molar-refractivity contribution in [1.82, 2.24) is 10.2 Å². The van der Waals surface area contributed by atoms with E-state index < -0.39 is 6.17 Å². The lowest BCUT2D eigenvalue weighted by atomic mass is 10.0. The van der Waals surface area contributed by atoms with E-state index in [0.717, 1.165) is 5.56 Å². The van der Waals surface area contributed by atoms with E-state index in [-0.39, 0.29) is 24.3 Å². The summed E-state index contributed by atoms with van der Waals surface area (Å²) in [6.45, 7) is 4.47. The topological polar surface area (TPSA) is 69.7 Å². The lowest BCUT2D eigenvalue weighted by Crippen LogP contribution is -2.51. The number of carbonyl (C=O) groups is 3. The Labute approximate surface area is 157 Å². The summed E-state index contributed by atoms with van der Waals surface area (Å²) in [6.07, 6.45) is -0.596. The Morgan fingerprint density at radius 1 is 1.00 bits per heavy atom. The van der Waals surface area contributed by atoms with Gasteiger partial charge in [0, 0.05) is 17.7 Å². The Hall–Kier alpha value is -3.15. The van der Waals surface area contributed by atoms with E-state index in [1.165, 1.54) is 4.90 Å². The molecule has 0 unspecified atom stereocenters. The smallest absolute Gasteiger partial charge is 0.260 e. The van der Waals surface area contributed by atoms with Crippen molar-refractivity contribution in [3.8, 4) is 0 Å². The number of para-hydroxylation sites is 1. The molecule has 4 rings (SSSR count). The number of hydrogen-bond acceptors (Lipinski definition) is 3. The van der Waals surface area contributed by atoms with Crippen LogP contribution in [0.25, 0.3) is 0 Å². The van der Waals surface area contributed by atoms with Crippen molar-refractivity contribution in [3.05, 3.63) is 65.2 Å². The van der Waals surface area contributed by atoms with Crippen LogP contribution in [0.4, 0.5) is 5.69 Å². The maximum atomic E-state index is 13.2. The van der Waals surface area contributed by atoms with Crippen LogP contribution in [-0.2, 0) is 4.79 Å². The van der Waals surface area contributed by atoms with Gasteiger partial charge < -0.3 is 10.2 Å². The summed E-state index contributed by atoms with van der Waals surface area (Å²) >= 11 is 0. The Morgan fingerprint density at radius 2 is 1.67 bits per heavy atom. The van der Waals surface area contributed by atoms with Gasteiger partial charge in [0.05, 0.1) is 11.3 Å². The van der Waals surface area contributed by atoms with Crippen LogP contribution in [0.15, 0.2) is 48.5 Å². The van der Waals surface area contributed by atoms with Gasteiger partial charge in [-0.1, -0.05) is 44.2 Å². The van der Waals surface area contributed by atoms with Gasteiger partial charge in [-0.2, -0.15) is 0 Å². The molecule has 2 aliphatic heterocycles. The Bertz CT molecular complexity index is 938. The fraction of sp³-hybridized carbons (Fsp3) is 0.286. The first-order valence-corrected chi connectivity index (χ1v) is 9.08. The minimum Gasteiger partial charge on any atom is -0.354 e. The molecule has 3 amide bonds. The number of rotatable bonds is 4. The van der Waals surface area contributed by atoms with E-state index in [9.17, 15) is 14.4 Å². The maximum absolute atomic E-state index is 13.2. The van der Waals surface area contributed by atoms with Crippen molar-refractivity contribution in [2.24, 2.45) is 5.92 Å². The van der Waals surface area contributed by atoms with Crippen LogP contribution in [0.2, 0.25) is 0 Å². The highest BCUT2D eigenvalue weighted by atomic mass is 16.2. The van der Waals surface area contributed by atoms with Crippen molar-refractivity contribution >= 4 is 23.4 Å². The molecule has 0 radical (unpaired) electrons. The molecule has 2 aromatic rings. The second kappa shape index (κ2) is 6.54. The van der Waals surface area contributed by atoms with Crippen LogP contribution in [0.5, 0.6) is 0 Å². The minimum absolute atomic E-state index is 0.0946. The average Bonchev–Trinajstić information content (AvgIpc) is 2.97. The number of fused-ring (bicyclic) bond motifs is 5. The number of carbonyl (C=O) groups excluding carboxylic acids is 3. The van der Waals surface area contributed by atoms with Crippen LogP contribution in [0.3, 0.4) is 0 Å². The minimum atomic E-state index is -0.596. The molecule has 0 fully saturated rings. The highest BCUT2D eigenvalue weighted by Gasteiger charge is 2.47. The predicted molar refractivity (Wildman–Crippen MR) is 101 cm³/mol. The van der Waals surface area contributed by atoms with Crippen molar-refractivity contribution < 1.29 is 14.4 Å². The molecule has 6 heteroatoms. The molecule has 2 aliphatic rings. The van der Waals surface area contributed by atoms with Crippen molar-refractivity contribution in [1.29, 1.82) is 0 Å². The fourth-order valence-electron chi connectivity index (χ4n) is 3.66. The number of amides is 3. The Morgan fingerprint density at radius 3 is 2.41 bits per heavy atom. The van der Waals surface area contributed by atoms with Gasteiger partial charge in [0.2, 0.25) is 5.91 Å². The molecule has 0 aliphatic carbocycles. The summed E-state index contributed by atoms with van der Waals surface area (Å²) in [5.41, 5.74) is 2.35. The molecule has 0 saturated heterocycles. The van der Waals surface area contributed by atoms with Gasteiger partial charge in [-0.15, -0.1) is 0 Å². The third kappa shape index (κ3) is 2.77. The summed E-state index contributed by atoms with van der Waals surface area (Å²) in [7, 11) is 0. The zero-order valence-electron chi connectivity index (χ0n) is 15.3. The molecule has 138 valence electrons. The molecule has 1 atom stereocenters. The van der Waals surface area contributed by atoms with Crippen LogP contribution < -0.4 is 10.2 Å². The van der Waals surface area contributed by atoms with E-state index in [1.54, 1.807) is 29.2 Å². The average molecular weight is 363 g/mol. The van der Waals surface area contributed by atoms with Gasteiger partial charge in [0.15, 0.2) is 0 Å². The summed E-state index contributed by atoms with van der Waals surface area (Å²) in [5.74, 6) is -0.301. The summed E-state index contributed by atoms with van der Waals surface area (Å²) in [4.78, 5) is 41.7. The fourth-order valence-corrected chi connectivity index (χ4v) is 3.66. The number of hydrogen-bond donors (Lipinski definition) is 1. The zero-order chi connectivity index (χ0) is 19.1. The van der Waals surface area contributed by atoms with E-state index >= 15 is 0 Å². The highest BCUT2D eigenvalue weighted by Crippen LogP contribution is 2.44. The van der Waals surface area contributed by atoms with Crippen LogP contribution in [-0.4, -0.2) is 35.7 Å². The number of anilines is 1. The summed E-state index contributed by atoms with van der Waals surface area (Å²) in [6, 6.07) is 14.3. The largest absolute Gasteiger partial charge is 0.354 e. The van der Waals surface area contributed by atoms with Crippen molar-refractivity contribution in [3.63, 3.8) is 0 Å². The molecule has 0 bridgehead atoms. The Balaban J connectivity index is 1.76. The molecule has 0 spiro atoms. The first kappa shape index (κ1) is 17.3. The van der Waals surface area contributed by atoms with E-state index in [2.05, 4.69) is 5.32 Å². The molecule has 0 saturated carbocycles. The molecule has 2 heterocycles. The van der Waals surface area contributed by atoms with Crippen LogP contribution in [0.1, 0.15) is 46.3 Å². The van der Waals surface area contributed by atoms with E-state index in [4.69, 9.17) is 0 Å². The lowest BCUT2D eigenvalue weighted by Gasteiger charge is -2.40. The van der Waals surface area contributed by atoms with E-state index in [0.29, 0.717) is 29.3 Å².